The van der Waals surface area contributed by atoms with E-state index in [4.69, 9.17) is 18.8 Å². The first-order valence-electron chi connectivity index (χ1n) is 13.6. The molecule has 0 saturated heterocycles. The van der Waals surface area contributed by atoms with Crippen LogP contribution in [0.2, 0.25) is 0 Å². The van der Waals surface area contributed by atoms with Crippen LogP contribution < -0.4 is 21.6 Å². The van der Waals surface area contributed by atoms with E-state index in [1.807, 2.05) is 26.3 Å². The first kappa shape index (κ1) is 35.3. The zero-order chi connectivity index (χ0) is 31.3. The molecule has 2 heterocycles. The molecule has 1 aromatic carbocycles. The Morgan fingerprint density at radius 3 is 2.67 bits per heavy atom. The number of carbonyl (C=O) groups excluding carboxylic acids is 1. The fourth-order valence-corrected chi connectivity index (χ4v) is 5.28. The van der Waals surface area contributed by atoms with Gasteiger partial charge in [0.15, 0.2) is 0 Å². The van der Waals surface area contributed by atoms with E-state index in [2.05, 4.69) is 16.0 Å². The lowest BCUT2D eigenvalue weighted by molar-refractivity contribution is -0.142. The van der Waals surface area contributed by atoms with Gasteiger partial charge in [-0.25, -0.2) is 4.79 Å². The van der Waals surface area contributed by atoms with Gasteiger partial charge in [-0.1, -0.05) is 6.92 Å². The molecule has 0 radical (unpaired) electrons. The number of aldehydes is 1. The molecule has 0 saturated carbocycles. The molecule has 0 bridgehead atoms. The summed E-state index contributed by atoms with van der Waals surface area (Å²) < 4.78 is 41.2. The Bertz CT molecular complexity index is 1390. The van der Waals surface area contributed by atoms with Crippen molar-refractivity contribution >= 4 is 50.8 Å². The molecule has 5 N–H and O–H groups in total. The molecule has 12 nitrogen and oxygen atoms in total. The SMILES string of the molecule is CNCCC(C)(C)OCCC(C)C(=O)O.O=CCC1=CSC(c2cc3ccc(NCCCS(=O)(=O)O)cc3oc2=O)N1. The third-order valence-electron chi connectivity index (χ3n) is 6.36. The number of ether oxygens (including phenoxy) is 1. The molecular weight excluding hydrogens is 586 g/mol. The van der Waals surface area contributed by atoms with Crippen LogP contribution in [0.25, 0.3) is 11.0 Å². The van der Waals surface area contributed by atoms with Crippen molar-refractivity contribution in [3.8, 4) is 0 Å². The summed E-state index contributed by atoms with van der Waals surface area (Å²) >= 11 is 1.41. The smallest absolute Gasteiger partial charge is 0.342 e. The van der Waals surface area contributed by atoms with E-state index in [0.717, 1.165) is 30.3 Å². The van der Waals surface area contributed by atoms with Crippen LogP contribution in [0.1, 0.15) is 57.4 Å². The molecule has 0 fully saturated rings. The number of rotatable bonds is 16. The molecule has 1 aliphatic rings. The van der Waals surface area contributed by atoms with Crippen LogP contribution in [0, 0.1) is 5.92 Å². The lowest BCUT2D eigenvalue weighted by atomic mass is 10.0. The summed E-state index contributed by atoms with van der Waals surface area (Å²) in [4.78, 5) is 33.5. The van der Waals surface area contributed by atoms with Gasteiger partial charge in [-0.3, -0.25) is 9.35 Å². The molecule has 14 heteroatoms. The van der Waals surface area contributed by atoms with Crippen LogP contribution in [0.4, 0.5) is 5.69 Å². The number of carboxylic acids is 1. The van der Waals surface area contributed by atoms with Crippen LogP contribution in [-0.4, -0.2) is 68.4 Å². The zero-order valence-corrected chi connectivity index (χ0v) is 26.0. The minimum absolute atomic E-state index is 0.179. The number of allylic oxidation sites excluding steroid dienone is 1. The lowest BCUT2D eigenvalue weighted by Crippen LogP contribution is -2.30. The predicted octanol–water partition coefficient (Wildman–Crippen LogP) is 3.75. The number of carbonyl (C=O) groups is 2. The number of carboxylic acid groups (broad SMARTS) is 1. The molecule has 2 unspecified atom stereocenters. The maximum Gasteiger partial charge on any atom is 0.342 e. The summed E-state index contributed by atoms with van der Waals surface area (Å²) in [6, 6.07) is 7.02. The second-order valence-corrected chi connectivity index (χ2v) is 13.0. The van der Waals surface area contributed by atoms with E-state index in [-0.39, 0.29) is 35.5 Å². The number of benzene rings is 1. The number of hydrogen-bond acceptors (Lipinski definition) is 11. The molecule has 2 atom stereocenters. The number of hydrogen-bond donors (Lipinski definition) is 5. The van der Waals surface area contributed by atoms with Crippen LogP contribution in [-0.2, 0) is 24.4 Å². The van der Waals surface area contributed by atoms with Crippen molar-refractivity contribution < 1.29 is 36.8 Å². The van der Waals surface area contributed by atoms with Gasteiger partial charge < -0.3 is 35.0 Å². The summed E-state index contributed by atoms with van der Waals surface area (Å²) in [5, 5.41) is 20.2. The van der Waals surface area contributed by atoms with E-state index in [1.54, 1.807) is 31.2 Å². The predicted molar refractivity (Wildman–Crippen MR) is 164 cm³/mol. The van der Waals surface area contributed by atoms with E-state index >= 15 is 0 Å². The van der Waals surface area contributed by atoms with Crippen molar-refractivity contribution in [1.29, 1.82) is 0 Å². The third kappa shape index (κ3) is 12.5. The standard InChI is InChI=1S/C17H18N2O6S2.C11H23NO3/c20-6-4-13-10-26-16(19-13)14-8-11-2-3-12(9-15(11)25-17(14)21)18-5-1-7-27(22,23)24;1-9(10(13)14)5-8-15-11(2,3)6-7-12-4/h2-3,6,8-10,16,18-19H,1,4-5,7H2,(H,22,23,24);9,12H,5-8H2,1-4H3,(H,13,14). The molecule has 1 aromatic heterocycles. The molecule has 0 amide bonds. The molecule has 3 rings (SSSR count). The van der Waals surface area contributed by atoms with Crippen LogP contribution in [0.3, 0.4) is 0 Å². The minimum atomic E-state index is -3.97. The van der Waals surface area contributed by atoms with Crippen molar-refractivity contribution in [1.82, 2.24) is 10.6 Å². The number of anilines is 1. The van der Waals surface area contributed by atoms with Gasteiger partial charge in [0.1, 0.15) is 17.2 Å². The molecule has 1 aliphatic heterocycles. The number of aliphatic carboxylic acids is 1. The van der Waals surface area contributed by atoms with Gasteiger partial charge in [-0.2, -0.15) is 8.42 Å². The Morgan fingerprint density at radius 2 is 2.02 bits per heavy atom. The summed E-state index contributed by atoms with van der Waals surface area (Å²) in [6.45, 7) is 7.50. The highest BCUT2D eigenvalue weighted by Crippen LogP contribution is 2.34. The van der Waals surface area contributed by atoms with E-state index in [1.165, 1.54) is 11.8 Å². The van der Waals surface area contributed by atoms with Crippen molar-refractivity contribution in [2.24, 2.45) is 5.92 Å². The Kier molecular flexibility index (Phi) is 14.0. The highest BCUT2D eigenvalue weighted by atomic mass is 32.2. The van der Waals surface area contributed by atoms with Gasteiger partial charge in [0.2, 0.25) is 0 Å². The summed E-state index contributed by atoms with van der Waals surface area (Å²) in [5.41, 5.74) is 1.69. The van der Waals surface area contributed by atoms with Crippen molar-refractivity contribution in [2.75, 3.05) is 37.8 Å². The lowest BCUT2D eigenvalue weighted by Gasteiger charge is -2.25. The van der Waals surface area contributed by atoms with Gasteiger partial charge >= 0.3 is 11.6 Å². The molecule has 2 aromatic rings. The second kappa shape index (κ2) is 16.7. The number of fused-ring (bicyclic) bond motifs is 1. The molecule has 234 valence electrons. The van der Waals surface area contributed by atoms with E-state index in [9.17, 15) is 22.8 Å². The number of thioether (sulfide) groups is 1. The van der Waals surface area contributed by atoms with Gasteiger partial charge in [0.05, 0.1) is 22.8 Å². The van der Waals surface area contributed by atoms with E-state index in [0.29, 0.717) is 36.4 Å². The average Bonchev–Trinajstić information content (AvgIpc) is 3.37. The van der Waals surface area contributed by atoms with Crippen LogP contribution in [0.5, 0.6) is 0 Å². The Labute approximate surface area is 250 Å². The molecule has 0 aliphatic carbocycles. The van der Waals surface area contributed by atoms with Gasteiger partial charge in [0, 0.05) is 42.4 Å². The normalized spacial score (nSPS) is 15.7. The topological polar surface area (TPSA) is 184 Å². The highest BCUT2D eigenvalue weighted by Gasteiger charge is 2.22. The fraction of sp³-hybridized carbons (Fsp3) is 0.536. The van der Waals surface area contributed by atoms with Crippen molar-refractivity contribution in [2.45, 2.75) is 57.4 Å². The molecular formula is C28H41N3O9S2. The Morgan fingerprint density at radius 1 is 1.29 bits per heavy atom. The van der Waals surface area contributed by atoms with Gasteiger partial charge in [0.25, 0.3) is 10.1 Å². The Balaban J connectivity index is 0.000000351. The van der Waals surface area contributed by atoms with Gasteiger partial charge in [-0.15, -0.1) is 11.8 Å². The van der Waals surface area contributed by atoms with E-state index < -0.39 is 21.7 Å². The minimum Gasteiger partial charge on any atom is -0.481 e. The average molecular weight is 628 g/mol. The van der Waals surface area contributed by atoms with Crippen molar-refractivity contribution in [3.63, 3.8) is 0 Å². The molecule has 42 heavy (non-hydrogen) atoms. The molecule has 0 spiro atoms. The maximum absolute atomic E-state index is 12.3. The summed E-state index contributed by atoms with van der Waals surface area (Å²) in [5.74, 6) is -1.41. The second-order valence-electron chi connectivity index (χ2n) is 10.5. The highest BCUT2D eigenvalue weighted by molar-refractivity contribution is 8.02. The first-order chi connectivity index (χ1) is 19.7. The summed E-state index contributed by atoms with van der Waals surface area (Å²) in [7, 11) is -2.07. The first-order valence-corrected chi connectivity index (χ1v) is 16.1. The Hall–Kier alpha value is -2.91. The quantitative estimate of drug-likeness (QED) is 0.0785. The fourth-order valence-electron chi connectivity index (χ4n) is 3.78. The van der Waals surface area contributed by atoms with Crippen LogP contribution in [0.15, 0.2) is 44.6 Å². The van der Waals surface area contributed by atoms with Crippen LogP contribution >= 0.6 is 11.8 Å². The number of nitrogens with one attached hydrogen (secondary N) is 3. The zero-order valence-electron chi connectivity index (χ0n) is 24.3. The third-order valence-corrected chi connectivity index (χ3v) is 8.23. The maximum atomic E-state index is 12.3. The monoisotopic (exact) mass is 627 g/mol. The van der Waals surface area contributed by atoms with Crippen molar-refractivity contribution in [3.05, 3.63) is 51.4 Å². The van der Waals surface area contributed by atoms with Gasteiger partial charge in [-0.05, 0) is 70.3 Å². The summed E-state index contributed by atoms with van der Waals surface area (Å²) in [6.07, 6.45) is 2.81. The largest absolute Gasteiger partial charge is 0.481 e.